The molecule has 1 fully saturated rings. The normalized spacial score (nSPS) is 16.1. The predicted molar refractivity (Wildman–Crippen MR) is 101 cm³/mol. The summed E-state index contributed by atoms with van der Waals surface area (Å²) >= 11 is 18.5. The van der Waals surface area contributed by atoms with Gasteiger partial charge < -0.3 is 15.5 Å². The Morgan fingerprint density at radius 1 is 1.17 bits per heavy atom. The van der Waals surface area contributed by atoms with Crippen molar-refractivity contribution in [3.63, 3.8) is 0 Å². The Labute approximate surface area is 156 Å². The molecule has 0 bridgehead atoms. The van der Waals surface area contributed by atoms with E-state index in [1.165, 1.54) is 0 Å². The summed E-state index contributed by atoms with van der Waals surface area (Å²) in [5.74, 6) is 1.27. The van der Waals surface area contributed by atoms with Crippen molar-refractivity contribution in [2.75, 3.05) is 36.4 Å². The van der Waals surface area contributed by atoms with Crippen molar-refractivity contribution >= 4 is 46.6 Å². The second-order valence-electron chi connectivity index (χ2n) is 5.64. The van der Waals surface area contributed by atoms with Crippen LogP contribution in [0.3, 0.4) is 0 Å². The summed E-state index contributed by atoms with van der Waals surface area (Å²) < 4.78 is 0. The molecule has 3 rings (SSSR count). The highest BCUT2D eigenvalue weighted by atomic mass is 35.5. The largest absolute Gasteiger partial charge is 0.362 e. The molecule has 24 heavy (non-hydrogen) atoms. The first-order chi connectivity index (χ1) is 11.5. The van der Waals surface area contributed by atoms with Gasteiger partial charge in [0.05, 0.1) is 12.2 Å². The van der Waals surface area contributed by atoms with Crippen LogP contribution in [0.15, 0.2) is 24.4 Å². The van der Waals surface area contributed by atoms with Crippen molar-refractivity contribution < 1.29 is 0 Å². The zero-order chi connectivity index (χ0) is 17.1. The second kappa shape index (κ2) is 7.74. The number of aromatic nitrogens is 2. The van der Waals surface area contributed by atoms with Crippen molar-refractivity contribution in [1.82, 2.24) is 15.3 Å². The number of nitrogens with one attached hydrogen (secondary N) is 2. The lowest BCUT2D eigenvalue weighted by Gasteiger charge is -2.28. The molecule has 0 amide bonds. The maximum Gasteiger partial charge on any atom is 0.227 e. The lowest BCUT2D eigenvalue weighted by atomic mass is 10.1. The van der Waals surface area contributed by atoms with Gasteiger partial charge in [-0.3, -0.25) is 0 Å². The molecular formula is C16H18Cl3N5. The third-order valence-electron chi connectivity index (χ3n) is 3.91. The van der Waals surface area contributed by atoms with Gasteiger partial charge in [0.1, 0.15) is 5.02 Å². The van der Waals surface area contributed by atoms with E-state index in [4.69, 9.17) is 34.8 Å². The molecule has 2 heterocycles. The fourth-order valence-corrected chi connectivity index (χ4v) is 3.33. The SMILES string of the molecule is C[C@@H](Nc1nc(N2CCNCC2)ncc1Cl)c1ccc(Cl)cc1Cl. The van der Waals surface area contributed by atoms with Crippen LogP contribution in [0.2, 0.25) is 15.1 Å². The minimum absolute atomic E-state index is 0.0713. The molecule has 1 aromatic heterocycles. The van der Waals surface area contributed by atoms with Crippen LogP contribution < -0.4 is 15.5 Å². The lowest BCUT2D eigenvalue weighted by Crippen LogP contribution is -2.44. The molecule has 1 atom stereocenters. The molecule has 1 aliphatic rings. The minimum Gasteiger partial charge on any atom is -0.362 e. The molecule has 1 aliphatic heterocycles. The summed E-state index contributed by atoms with van der Waals surface area (Å²) in [6.07, 6.45) is 1.63. The molecular weight excluding hydrogens is 369 g/mol. The van der Waals surface area contributed by atoms with Crippen LogP contribution >= 0.6 is 34.8 Å². The Bertz CT molecular complexity index is 719. The van der Waals surface area contributed by atoms with Gasteiger partial charge in [0.2, 0.25) is 5.95 Å². The highest BCUT2D eigenvalue weighted by Gasteiger charge is 2.17. The van der Waals surface area contributed by atoms with Crippen LogP contribution in [0, 0.1) is 0 Å². The summed E-state index contributed by atoms with van der Waals surface area (Å²) in [6.45, 7) is 5.59. The fourth-order valence-electron chi connectivity index (χ4n) is 2.61. The van der Waals surface area contributed by atoms with Gasteiger partial charge >= 0.3 is 0 Å². The number of anilines is 2. The number of hydrogen-bond acceptors (Lipinski definition) is 5. The first-order valence-electron chi connectivity index (χ1n) is 7.74. The zero-order valence-corrected chi connectivity index (χ0v) is 15.5. The van der Waals surface area contributed by atoms with E-state index in [0.29, 0.717) is 26.8 Å². The van der Waals surface area contributed by atoms with Crippen LogP contribution in [0.1, 0.15) is 18.5 Å². The maximum atomic E-state index is 6.28. The van der Waals surface area contributed by atoms with E-state index in [1.807, 2.05) is 19.1 Å². The van der Waals surface area contributed by atoms with E-state index in [2.05, 4.69) is 25.5 Å². The first-order valence-corrected chi connectivity index (χ1v) is 8.87. The van der Waals surface area contributed by atoms with Gasteiger partial charge in [0.15, 0.2) is 5.82 Å². The number of benzene rings is 1. The van der Waals surface area contributed by atoms with Gasteiger partial charge in [-0.05, 0) is 24.6 Å². The van der Waals surface area contributed by atoms with Crippen LogP contribution in [0.25, 0.3) is 0 Å². The van der Waals surface area contributed by atoms with Crippen molar-refractivity contribution in [3.8, 4) is 0 Å². The Kier molecular flexibility index (Phi) is 5.66. The van der Waals surface area contributed by atoms with E-state index in [1.54, 1.807) is 12.3 Å². The average molecular weight is 387 g/mol. The summed E-state index contributed by atoms with van der Waals surface area (Å²) in [5.41, 5.74) is 0.930. The Balaban J connectivity index is 1.80. The molecule has 0 aliphatic carbocycles. The van der Waals surface area contributed by atoms with Gasteiger partial charge in [-0.2, -0.15) is 4.98 Å². The van der Waals surface area contributed by atoms with Crippen LogP contribution in [0.5, 0.6) is 0 Å². The smallest absolute Gasteiger partial charge is 0.227 e. The van der Waals surface area contributed by atoms with Gasteiger partial charge in [0, 0.05) is 36.2 Å². The van der Waals surface area contributed by atoms with Crippen molar-refractivity contribution in [1.29, 1.82) is 0 Å². The molecule has 1 aromatic carbocycles. The van der Waals surface area contributed by atoms with Crippen molar-refractivity contribution in [2.45, 2.75) is 13.0 Å². The van der Waals surface area contributed by atoms with Gasteiger partial charge in [0.25, 0.3) is 0 Å². The standard InChI is InChI=1S/C16H18Cl3N5/c1-10(12-3-2-11(17)8-13(12)18)22-15-14(19)9-21-16(23-15)24-6-4-20-5-7-24/h2-3,8-10,20H,4-7H2,1H3,(H,21,22,23)/t10-/m1/s1. The van der Waals surface area contributed by atoms with Gasteiger partial charge in [-0.25, -0.2) is 4.98 Å². The van der Waals surface area contributed by atoms with Crippen LogP contribution in [0.4, 0.5) is 11.8 Å². The number of halogens is 3. The molecule has 0 saturated carbocycles. The molecule has 0 radical (unpaired) electrons. The Morgan fingerprint density at radius 2 is 1.92 bits per heavy atom. The highest BCUT2D eigenvalue weighted by molar-refractivity contribution is 6.35. The van der Waals surface area contributed by atoms with E-state index in [9.17, 15) is 0 Å². The summed E-state index contributed by atoms with van der Waals surface area (Å²) in [4.78, 5) is 11.1. The molecule has 1 saturated heterocycles. The number of piperazine rings is 1. The molecule has 2 N–H and O–H groups in total. The molecule has 0 unspecified atom stereocenters. The average Bonchev–Trinajstić information content (AvgIpc) is 2.57. The van der Waals surface area contributed by atoms with Gasteiger partial charge in [-0.1, -0.05) is 40.9 Å². The van der Waals surface area contributed by atoms with E-state index >= 15 is 0 Å². The summed E-state index contributed by atoms with van der Waals surface area (Å²) in [6, 6.07) is 5.37. The van der Waals surface area contributed by atoms with E-state index in [0.717, 1.165) is 31.7 Å². The number of rotatable bonds is 4. The Morgan fingerprint density at radius 3 is 2.62 bits per heavy atom. The van der Waals surface area contributed by atoms with E-state index < -0.39 is 0 Å². The molecule has 5 nitrogen and oxygen atoms in total. The zero-order valence-electron chi connectivity index (χ0n) is 13.2. The van der Waals surface area contributed by atoms with E-state index in [-0.39, 0.29) is 6.04 Å². The van der Waals surface area contributed by atoms with Crippen molar-refractivity contribution in [3.05, 3.63) is 45.0 Å². The molecule has 8 heteroatoms. The number of hydrogen-bond donors (Lipinski definition) is 2. The third-order valence-corrected chi connectivity index (χ3v) is 4.75. The predicted octanol–water partition coefficient (Wildman–Crippen LogP) is 4.02. The summed E-state index contributed by atoms with van der Waals surface area (Å²) in [7, 11) is 0. The minimum atomic E-state index is -0.0713. The second-order valence-corrected chi connectivity index (χ2v) is 6.89. The van der Waals surface area contributed by atoms with Crippen molar-refractivity contribution in [2.24, 2.45) is 0 Å². The Hall–Kier alpha value is -1.27. The lowest BCUT2D eigenvalue weighted by molar-refractivity contribution is 0.580. The van der Waals surface area contributed by atoms with Crippen LogP contribution in [-0.4, -0.2) is 36.1 Å². The van der Waals surface area contributed by atoms with Gasteiger partial charge in [-0.15, -0.1) is 0 Å². The highest BCUT2D eigenvalue weighted by Crippen LogP contribution is 2.30. The van der Waals surface area contributed by atoms with Crippen LogP contribution in [-0.2, 0) is 0 Å². The molecule has 2 aromatic rings. The quantitative estimate of drug-likeness (QED) is 0.831. The molecule has 0 spiro atoms. The first kappa shape index (κ1) is 17.5. The maximum absolute atomic E-state index is 6.28. The fraction of sp³-hybridized carbons (Fsp3) is 0.375. The topological polar surface area (TPSA) is 53.1 Å². The monoisotopic (exact) mass is 385 g/mol. The summed E-state index contributed by atoms with van der Waals surface area (Å²) in [5, 5.41) is 8.32. The molecule has 128 valence electrons. The third kappa shape index (κ3) is 4.03. The number of nitrogens with zero attached hydrogens (tertiary/aromatic N) is 3.